The maximum atomic E-state index is 12.1. The molecular formula is C15H17N3O3S. The minimum absolute atomic E-state index is 0.0240. The third-order valence-corrected chi connectivity index (χ3v) is 4.79. The molecule has 2 saturated heterocycles. The highest BCUT2D eigenvalue weighted by Crippen LogP contribution is 2.19. The first kappa shape index (κ1) is 14.8. The lowest BCUT2D eigenvalue weighted by Gasteiger charge is -2.34. The maximum absolute atomic E-state index is 12.1. The molecule has 0 aromatic carbocycles. The highest BCUT2D eigenvalue weighted by Gasteiger charge is 2.36. The summed E-state index contributed by atoms with van der Waals surface area (Å²) in [6, 6.07) is 3.49. The second-order valence-corrected chi connectivity index (χ2v) is 6.31. The number of imide groups is 1. The van der Waals surface area contributed by atoms with E-state index >= 15 is 0 Å². The van der Waals surface area contributed by atoms with E-state index in [0.29, 0.717) is 25.9 Å². The van der Waals surface area contributed by atoms with Crippen LogP contribution in [0, 0.1) is 0 Å². The average Bonchev–Trinajstić information content (AvgIpc) is 3.15. The van der Waals surface area contributed by atoms with Crippen molar-refractivity contribution in [3.8, 4) is 0 Å². The van der Waals surface area contributed by atoms with Crippen LogP contribution in [0.2, 0.25) is 0 Å². The number of likely N-dealkylation sites (tertiary alicyclic amines) is 1. The summed E-state index contributed by atoms with van der Waals surface area (Å²) in [6.45, 7) is 1.21. The smallest absolute Gasteiger partial charge is 0.324 e. The van der Waals surface area contributed by atoms with E-state index in [1.807, 2.05) is 23.6 Å². The molecule has 2 aliphatic rings. The van der Waals surface area contributed by atoms with E-state index < -0.39 is 0 Å². The van der Waals surface area contributed by atoms with E-state index in [1.54, 1.807) is 22.3 Å². The standard InChI is InChI=1S/C15H17N3O3S/c19-13(4-3-12-2-1-9-22-12)17-7-5-11(6-8-17)18-14(20)10-16-15(18)21/h1-4,9,11H,5-8,10H2,(H,16,21). The molecule has 0 bridgehead atoms. The maximum Gasteiger partial charge on any atom is 0.324 e. The van der Waals surface area contributed by atoms with E-state index in [9.17, 15) is 14.4 Å². The van der Waals surface area contributed by atoms with Crippen molar-refractivity contribution in [1.82, 2.24) is 15.1 Å². The summed E-state index contributed by atoms with van der Waals surface area (Å²) < 4.78 is 0. The van der Waals surface area contributed by atoms with Crippen LogP contribution >= 0.6 is 11.3 Å². The highest BCUT2D eigenvalue weighted by atomic mass is 32.1. The van der Waals surface area contributed by atoms with Crippen molar-refractivity contribution in [3.05, 3.63) is 28.5 Å². The summed E-state index contributed by atoms with van der Waals surface area (Å²) in [5.41, 5.74) is 0. The summed E-state index contributed by atoms with van der Waals surface area (Å²) in [7, 11) is 0. The molecule has 1 N–H and O–H groups in total. The van der Waals surface area contributed by atoms with Crippen LogP contribution in [0.4, 0.5) is 4.79 Å². The number of thiophene rings is 1. The van der Waals surface area contributed by atoms with Crippen molar-refractivity contribution in [3.63, 3.8) is 0 Å². The average molecular weight is 319 g/mol. The Bertz CT molecular complexity index is 588. The third-order valence-electron chi connectivity index (χ3n) is 3.95. The number of hydrogen-bond donors (Lipinski definition) is 1. The Balaban J connectivity index is 1.54. The minimum atomic E-state index is -0.313. The molecule has 116 valence electrons. The Kier molecular flexibility index (Phi) is 4.24. The molecule has 2 fully saturated rings. The molecule has 4 amide bonds. The SMILES string of the molecule is O=C(C=Cc1cccs1)N1CCC(N2C(=O)CNC2=O)CC1. The topological polar surface area (TPSA) is 69.7 Å². The normalized spacial score (nSPS) is 20.0. The molecule has 3 heterocycles. The zero-order chi connectivity index (χ0) is 15.5. The molecule has 2 aliphatic heterocycles. The fourth-order valence-corrected chi connectivity index (χ4v) is 3.41. The van der Waals surface area contributed by atoms with Gasteiger partial charge in [0.15, 0.2) is 0 Å². The van der Waals surface area contributed by atoms with Crippen molar-refractivity contribution >= 4 is 35.3 Å². The van der Waals surface area contributed by atoms with Crippen LogP contribution in [-0.2, 0) is 9.59 Å². The molecule has 0 atom stereocenters. The molecule has 3 rings (SSSR count). The number of hydrogen-bond acceptors (Lipinski definition) is 4. The van der Waals surface area contributed by atoms with E-state index in [-0.39, 0.29) is 30.4 Å². The monoisotopic (exact) mass is 319 g/mol. The van der Waals surface area contributed by atoms with Gasteiger partial charge in [0.05, 0.1) is 6.54 Å². The molecule has 1 aromatic heterocycles. The Morgan fingerprint density at radius 1 is 1.32 bits per heavy atom. The summed E-state index contributed by atoms with van der Waals surface area (Å²) in [6.07, 6.45) is 4.67. The van der Waals surface area contributed by atoms with Gasteiger partial charge in [-0.15, -0.1) is 11.3 Å². The molecule has 7 heteroatoms. The number of rotatable bonds is 3. The molecular weight excluding hydrogens is 302 g/mol. The summed E-state index contributed by atoms with van der Waals surface area (Å²) in [4.78, 5) is 39.6. The second-order valence-electron chi connectivity index (χ2n) is 5.33. The predicted octanol–water partition coefficient (Wildman–Crippen LogP) is 1.30. The van der Waals surface area contributed by atoms with E-state index in [1.165, 1.54) is 4.90 Å². The van der Waals surface area contributed by atoms with E-state index in [4.69, 9.17) is 0 Å². The van der Waals surface area contributed by atoms with Crippen molar-refractivity contribution in [2.45, 2.75) is 18.9 Å². The highest BCUT2D eigenvalue weighted by molar-refractivity contribution is 7.10. The van der Waals surface area contributed by atoms with Crippen LogP contribution in [0.1, 0.15) is 17.7 Å². The Labute approximate surface area is 132 Å². The quantitative estimate of drug-likeness (QED) is 0.674. The van der Waals surface area contributed by atoms with Gasteiger partial charge in [-0.1, -0.05) is 6.07 Å². The molecule has 0 saturated carbocycles. The number of urea groups is 1. The van der Waals surface area contributed by atoms with Crippen molar-refractivity contribution in [2.75, 3.05) is 19.6 Å². The van der Waals surface area contributed by atoms with Crippen molar-refractivity contribution in [1.29, 1.82) is 0 Å². The molecule has 6 nitrogen and oxygen atoms in total. The lowest BCUT2D eigenvalue weighted by atomic mass is 10.0. The lowest BCUT2D eigenvalue weighted by Crippen LogP contribution is -2.48. The van der Waals surface area contributed by atoms with Crippen LogP contribution in [0.3, 0.4) is 0 Å². The fourth-order valence-electron chi connectivity index (χ4n) is 2.79. The van der Waals surface area contributed by atoms with Crippen LogP contribution in [-0.4, -0.2) is 53.3 Å². The molecule has 0 aliphatic carbocycles. The summed E-state index contributed by atoms with van der Waals surface area (Å²) >= 11 is 1.58. The van der Waals surface area contributed by atoms with Crippen molar-refractivity contribution < 1.29 is 14.4 Å². The second kappa shape index (κ2) is 6.31. The number of carbonyl (C=O) groups excluding carboxylic acids is 3. The van der Waals surface area contributed by atoms with Gasteiger partial charge in [0.1, 0.15) is 0 Å². The number of nitrogens with zero attached hydrogens (tertiary/aromatic N) is 2. The first-order chi connectivity index (χ1) is 10.6. The van der Waals surface area contributed by atoms with Crippen LogP contribution < -0.4 is 5.32 Å². The van der Waals surface area contributed by atoms with E-state index in [0.717, 1.165) is 4.88 Å². The zero-order valence-electron chi connectivity index (χ0n) is 12.0. The number of amides is 4. The Morgan fingerprint density at radius 3 is 2.68 bits per heavy atom. The number of nitrogens with one attached hydrogen (secondary N) is 1. The van der Waals surface area contributed by atoms with Gasteiger partial charge in [-0.2, -0.15) is 0 Å². The predicted molar refractivity (Wildman–Crippen MR) is 83.2 cm³/mol. The van der Waals surface area contributed by atoms with Crippen LogP contribution in [0.5, 0.6) is 0 Å². The Morgan fingerprint density at radius 2 is 2.09 bits per heavy atom. The molecule has 0 radical (unpaired) electrons. The molecule has 0 unspecified atom stereocenters. The van der Waals surface area contributed by atoms with Gasteiger partial charge in [-0.3, -0.25) is 14.5 Å². The number of piperidine rings is 1. The van der Waals surface area contributed by atoms with Gasteiger partial charge in [0.2, 0.25) is 11.8 Å². The molecule has 1 aromatic rings. The molecule has 22 heavy (non-hydrogen) atoms. The van der Waals surface area contributed by atoms with Crippen LogP contribution in [0.15, 0.2) is 23.6 Å². The van der Waals surface area contributed by atoms with Crippen LogP contribution in [0.25, 0.3) is 6.08 Å². The minimum Gasteiger partial charge on any atom is -0.339 e. The lowest BCUT2D eigenvalue weighted by molar-refractivity contribution is -0.129. The van der Waals surface area contributed by atoms with Gasteiger partial charge >= 0.3 is 6.03 Å². The first-order valence-corrected chi connectivity index (χ1v) is 8.13. The van der Waals surface area contributed by atoms with E-state index in [2.05, 4.69) is 5.32 Å². The van der Waals surface area contributed by atoms with Gasteiger partial charge in [0, 0.05) is 30.1 Å². The van der Waals surface area contributed by atoms with Gasteiger partial charge in [-0.25, -0.2) is 4.79 Å². The summed E-state index contributed by atoms with van der Waals surface area (Å²) in [5, 5.41) is 4.50. The summed E-state index contributed by atoms with van der Waals surface area (Å²) in [5.74, 6) is -0.198. The van der Waals surface area contributed by atoms with Gasteiger partial charge in [-0.05, 0) is 30.4 Å². The van der Waals surface area contributed by atoms with Gasteiger partial charge in [0.25, 0.3) is 0 Å². The number of carbonyl (C=O) groups is 3. The molecule has 0 spiro atoms. The Hall–Kier alpha value is -2.15. The van der Waals surface area contributed by atoms with Crippen molar-refractivity contribution in [2.24, 2.45) is 0 Å². The third kappa shape index (κ3) is 3.04. The largest absolute Gasteiger partial charge is 0.339 e. The zero-order valence-corrected chi connectivity index (χ0v) is 12.8. The fraction of sp³-hybridized carbons (Fsp3) is 0.400. The van der Waals surface area contributed by atoms with Gasteiger partial charge < -0.3 is 10.2 Å². The first-order valence-electron chi connectivity index (χ1n) is 7.25.